The minimum absolute atomic E-state index is 0.723. The Morgan fingerprint density at radius 1 is 1.11 bits per heavy atom. The standard InChI is InChI=1S/C15H15BrClN/c1-10-3-4-11(2)12(7-10)9-18-13-5-6-14(16)15(17)8-13/h3-8,18H,9H2,1-2H3. The molecule has 0 aliphatic carbocycles. The lowest BCUT2D eigenvalue weighted by Crippen LogP contribution is -2.01. The van der Waals surface area contributed by atoms with Gasteiger partial charge in [0.15, 0.2) is 0 Å². The van der Waals surface area contributed by atoms with Crippen molar-refractivity contribution in [3.8, 4) is 0 Å². The quantitative estimate of drug-likeness (QED) is 0.804. The third kappa shape index (κ3) is 3.27. The summed E-state index contributed by atoms with van der Waals surface area (Å²) in [5.41, 5.74) is 4.93. The molecule has 2 aromatic rings. The predicted molar refractivity (Wildman–Crippen MR) is 82.4 cm³/mol. The number of hydrogen-bond acceptors (Lipinski definition) is 1. The topological polar surface area (TPSA) is 12.0 Å². The summed E-state index contributed by atoms with van der Waals surface area (Å²) in [5.74, 6) is 0. The molecule has 0 bridgehead atoms. The molecule has 0 aliphatic rings. The van der Waals surface area contributed by atoms with E-state index in [1.807, 2.05) is 18.2 Å². The molecule has 1 N–H and O–H groups in total. The molecule has 0 radical (unpaired) electrons. The zero-order valence-corrected chi connectivity index (χ0v) is 12.8. The van der Waals surface area contributed by atoms with Gasteiger partial charge in [-0.1, -0.05) is 35.4 Å². The van der Waals surface area contributed by atoms with Crippen molar-refractivity contribution in [2.45, 2.75) is 20.4 Å². The molecule has 0 saturated heterocycles. The van der Waals surface area contributed by atoms with Crippen molar-refractivity contribution < 1.29 is 0 Å². The molecule has 18 heavy (non-hydrogen) atoms. The van der Waals surface area contributed by atoms with Gasteiger partial charge in [-0.15, -0.1) is 0 Å². The first-order valence-corrected chi connectivity index (χ1v) is 6.98. The summed E-state index contributed by atoms with van der Waals surface area (Å²) >= 11 is 9.45. The van der Waals surface area contributed by atoms with Gasteiger partial charge in [0.1, 0.15) is 0 Å². The number of halogens is 2. The van der Waals surface area contributed by atoms with Gasteiger partial charge in [-0.05, 0) is 59.1 Å². The van der Waals surface area contributed by atoms with Gasteiger partial charge in [0.05, 0.1) is 5.02 Å². The zero-order valence-electron chi connectivity index (χ0n) is 10.4. The number of benzene rings is 2. The Morgan fingerprint density at radius 3 is 2.61 bits per heavy atom. The Balaban J connectivity index is 2.11. The van der Waals surface area contributed by atoms with Crippen molar-refractivity contribution in [2.75, 3.05) is 5.32 Å². The van der Waals surface area contributed by atoms with Crippen molar-refractivity contribution in [3.05, 3.63) is 62.6 Å². The lowest BCUT2D eigenvalue weighted by atomic mass is 10.1. The van der Waals surface area contributed by atoms with Crippen LogP contribution in [-0.4, -0.2) is 0 Å². The van der Waals surface area contributed by atoms with Gasteiger partial charge in [-0.2, -0.15) is 0 Å². The van der Waals surface area contributed by atoms with Gasteiger partial charge in [-0.3, -0.25) is 0 Å². The predicted octanol–water partition coefficient (Wildman–Crippen LogP) is 5.33. The number of nitrogens with one attached hydrogen (secondary N) is 1. The molecule has 2 aromatic carbocycles. The van der Waals surface area contributed by atoms with Gasteiger partial charge in [0.25, 0.3) is 0 Å². The average molecular weight is 325 g/mol. The second-order valence-corrected chi connectivity index (χ2v) is 5.67. The van der Waals surface area contributed by atoms with Crippen LogP contribution in [0.15, 0.2) is 40.9 Å². The van der Waals surface area contributed by atoms with Crippen molar-refractivity contribution in [3.63, 3.8) is 0 Å². The van der Waals surface area contributed by atoms with Crippen LogP contribution in [0.3, 0.4) is 0 Å². The molecule has 1 nitrogen and oxygen atoms in total. The average Bonchev–Trinajstić information content (AvgIpc) is 2.34. The lowest BCUT2D eigenvalue weighted by molar-refractivity contribution is 1.11. The Hall–Kier alpha value is -0.990. The van der Waals surface area contributed by atoms with E-state index >= 15 is 0 Å². The van der Waals surface area contributed by atoms with Crippen molar-refractivity contribution >= 4 is 33.2 Å². The van der Waals surface area contributed by atoms with E-state index in [2.05, 4.69) is 53.3 Å². The summed E-state index contributed by atoms with van der Waals surface area (Å²) in [4.78, 5) is 0. The van der Waals surface area contributed by atoms with Crippen molar-refractivity contribution in [1.29, 1.82) is 0 Å². The fraction of sp³-hybridized carbons (Fsp3) is 0.200. The lowest BCUT2D eigenvalue weighted by Gasteiger charge is -2.10. The summed E-state index contributed by atoms with van der Waals surface area (Å²) < 4.78 is 0.918. The molecule has 0 saturated carbocycles. The van der Waals surface area contributed by atoms with E-state index in [1.165, 1.54) is 16.7 Å². The third-order valence-corrected chi connectivity index (χ3v) is 4.14. The summed E-state index contributed by atoms with van der Waals surface area (Å²) in [6.07, 6.45) is 0. The molecule has 0 heterocycles. The molecule has 0 aromatic heterocycles. The van der Waals surface area contributed by atoms with Crippen LogP contribution in [0.2, 0.25) is 5.02 Å². The first-order valence-electron chi connectivity index (χ1n) is 5.81. The van der Waals surface area contributed by atoms with Crippen LogP contribution in [0.1, 0.15) is 16.7 Å². The smallest absolute Gasteiger partial charge is 0.0568 e. The minimum Gasteiger partial charge on any atom is -0.381 e. The summed E-state index contributed by atoms with van der Waals surface area (Å²) in [6, 6.07) is 12.4. The van der Waals surface area contributed by atoms with E-state index in [1.54, 1.807) is 0 Å². The molecular formula is C15H15BrClN. The van der Waals surface area contributed by atoms with E-state index < -0.39 is 0 Å². The van der Waals surface area contributed by atoms with Gasteiger partial charge in [-0.25, -0.2) is 0 Å². The highest BCUT2D eigenvalue weighted by Crippen LogP contribution is 2.26. The van der Waals surface area contributed by atoms with Gasteiger partial charge < -0.3 is 5.32 Å². The monoisotopic (exact) mass is 323 g/mol. The largest absolute Gasteiger partial charge is 0.381 e. The summed E-state index contributed by atoms with van der Waals surface area (Å²) in [7, 11) is 0. The molecule has 0 fully saturated rings. The number of anilines is 1. The third-order valence-electron chi connectivity index (χ3n) is 2.91. The molecule has 2 rings (SSSR count). The molecule has 0 aliphatic heterocycles. The first kappa shape index (κ1) is 13.4. The summed E-state index contributed by atoms with van der Waals surface area (Å²) in [6.45, 7) is 5.05. The molecule has 0 amide bonds. The second kappa shape index (κ2) is 5.77. The second-order valence-electron chi connectivity index (χ2n) is 4.41. The number of hydrogen-bond donors (Lipinski definition) is 1. The minimum atomic E-state index is 0.723. The molecule has 0 spiro atoms. The van der Waals surface area contributed by atoms with Crippen LogP contribution in [0.25, 0.3) is 0 Å². The summed E-state index contributed by atoms with van der Waals surface area (Å²) in [5, 5.41) is 4.11. The van der Waals surface area contributed by atoms with Crippen LogP contribution in [0, 0.1) is 13.8 Å². The Kier molecular flexibility index (Phi) is 4.31. The van der Waals surface area contributed by atoms with Crippen molar-refractivity contribution in [2.24, 2.45) is 0 Å². The van der Waals surface area contributed by atoms with E-state index in [0.29, 0.717) is 0 Å². The number of rotatable bonds is 3. The van der Waals surface area contributed by atoms with Crippen LogP contribution in [0.5, 0.6) is 0 Å². The number of aryl methyl sites for hydroxylation is 2. The highest BCUT2D eigenvalue weighted by molar-refractivity contribution is 9.10. The highest BCUT2D eigenvalue weighted by atomic mass is 79.9. The first-order chi connectivity index (χ1) is 8.56. The maximum atomic E-state index is 6.07. The highest BCUT2D eigenvalue weighted by Gasteiger charge is 2.01. The van der Waals surface area contributed by atoms with E-state index in [4.69, 9.17) is 11.6 Å². The Morgan fingerprint density at radius 2 is 1.89 bits per heavy atom. The van der Waals surface area contributed by atoms with E-state index in [-0.39, 0.29) is 0 Å². The Labute approximate surface area is 121 Å². The van der Waals surface area contributed by atoms with Gasteiger partial charge >= 0.3 is 0 Å². The fourth-order valence-electron chi connectivity index (χ4n) is 1.79. The van der Waals surface area contributed by atoms with Gasteiger partial charge in [0, 0.05) is 16.7 Å². The van der Waals surface area contributed by atoms with E-state index in [9.17, 15) is 0 Å². The van der Waals surface area contributed by atoms with Crippen molar-refractivity contribution in [1.82, 2.24) is 0 Å². The maximum absolute atomic E-state index is 6.07. The van der Waals surface area contributed by atoms with Crippen LogP contribution < -0.4 is 5.32 Å². The molecule has 0 unspecified atom stereocenters. The molecular weight excluding hydrogens is 310 g/mol. The van der Waals surface area contributed by atoms with Crippen LogP contribution >= 0.6 is 27.5 Å². The normalized spacial score (nSPS) is 10.4. The fourth-order valence-corrected chi connectivity index (χ4v) is 2.22. The molecule has 94 valence electrons. The maximum Gasteiger partial charge on any atom is 0.0568 e. The van der Waals surface area contributed by atoms with Gasteiger partial charge in [0.2, 0.25) is 0 Å². The SMILES string of the molecule is Cc1ccc(C)c(CNc2ccc(Br)c(Cl)c2)c1. The van der Waals surface area contributed by atoms with Crippen LogP contribution in [-0.2, 0) is 6.54 Å². The molecule has 0 atom stereocenters. The zero-order chi connectivity index (χ0) is 13.1. The Bertz CT molecular complexity index is 566. The van der Waals surface area contributed by atoms with Crippen LogP contribution in [0.4, 0.5) is 5.69 Å². The molecule has 3 heteroatoms. The van der Waals surface area contributed by atoms with E-state index in [0.717, 1.165) is 21.7 Å².